The lowest BCUT2D eigenvalue weighted by Gasteiger charge is -2.28. The van der Waals surface area contributed by atoms with Gasteiger partial charge in [0, 0.05) is 0 Å². The third kappa shape index (κ3) is 2.08. The summed E-state index contributed by atoms with van der Waals surface area (Å²) >= 11 is 0. The van der Waals surface area contributed by atoms with Gasteiger partial charge in [0.05, 0.1) is 12.7 Å². The molecular formula is C11H15FO5. The van der Waals surface area contributed by atoms with E-state index in [0.29, 0.717) is 0 Å². The topological polar surface area (TPSA) is 65.0 Å². The van der Waals surface area contributed by atoms with Crippen molar-refractivity contribution < 1.29 is 28.5 Å². The van der Waals surface area contributed by atoms with Crippen LogP contribution in [-0.2, 0) is 19.0 Å². The molecule has 5 nitrogen and oxygen atoms in total. The number of aliphatic hydroxyl groups excluding tert-OH is 1. The second-order valence-corrected chi connectivity index (χ2v) is 4.57. The summed E-state index contributed by atoms with van der Waals surface area (Å²) in [5, 5.41) is 9.68. The van der Waals surface area contributed by atoms with Gasteiger partial charge in [0.1, 0.15) is 18.3 Å². The number of carbonyl (C=O) groups excluding carboxylic acids is 1. The predicted molar refractivity (Wildman–Crippen MR) is 54.8 cm³/mol. The molecule has 2 aliphatic rings. The number of methoxy groups -OCH3 is 1. The molecule has 0 spiro atoms. The minimum Gasteiger partial charge on any atom is -0.466 e. The molecule has 0 radical (unpaired) electrons. The molecule has 6 heteroatoms. The average molecular weight is 246 g/mol. The van der Waals surface area contributed by atoms with E-state index in [4.69, 9.17) is 9.47 Å². The Morgan fingerprint density at radius 1 is 1.53 bits per heavy atom. The second-order valence-electron chi connectivity index (χ2n) is 4.57. The van der Waals surface area contributed by atoms with Crippen LogP contribution in [0.1, 0.15) is 13.8 Å². The van der Waals surface area contributed by atoms with Crippen LogP contribution in [0.3, 0.4) is 0 Å². The second kappa shape index (κ2) is 4.04. The van der Waals surface area contributed by atoms with Gasteiger partial charge in [-0.15, -0.1) is 0 Å². The van der Waals surface area contributed by atoms with Gasteiger partial charge in [0.2, 0.25) is 0 Å². The van der Waals surface area contributed by atoms with E-state index in [-0.39, 0.29) is 5.57 Å². The number of rotatable bonds is 1. The Bertz CT molecular complexity index is 365. The van der Waals surface area contributed by atoms with Gasteiger partial charge >= 0.3 is 5.97 Å². The molecule has 0 amide bonds. The Morgan fingerprint density at radius 3 is 2.76 bits per heavy atom. The Balaban J connectivity index is 2.30. The van der Waals surface area contributed by atoms with Crippen LogP contribution >= 0.6 is 0 Å². The monoisotopic (exact) mass is 246 g/mol. The lowest BCUT2D eigenvalue weighted by molar-refractivity contribution is -0.152. The SMILES string of the molecule is COC(=O)C1=C[C@H]2OC(C)(C)O[C@H]2[C@H](F)[C@H]1O. The van der Waals surface area contributed by atoms with E-state index in [0.717, 1.165) is 0 Å². The van der Waals surface area contributed by atoms with Gasteiger partial charge in [-0.05, 0) is 19.9 Å². The van der Waals surface area contributed by atoms with E-state index in [1.165, 1.54) is 13.2 Å². The summed E-state index contributed by atoms with van der Waals surface area (Å²) in [6.45, 7) is 3.30. The van der Waals surface area contributed by atoms with Gasteiger partial charge in [0.25, 0.3) is 0 Å². The number of hydrogen-bond donors (Lipinski definition) is 1. The molecule has 0 saturated carbocycles. The highest BCUT2D eigenvalue weighted by atomic mass is 19.1. The summed E-state index contributed by atoms with van der Waals surface area (Å²) in [5.74, 6) is -1.69. The summed E-state index contributed by atoms with van der Waals surface area (Å²) in [5.41, 5.74) is -0.123. The van der Waals surface area contributed by atoms with E-state index in [9.17, 15) is 14.3 Å². The van der Waals surface area contributed by atoms with E-state index in [2.05, 4.69) is 4.74 Å². The van der Waals surface area contributed by atoms with Crippen molar-refractivity contribution in [2.75, 3.05) is 7.11 Å². The molecule has 0 aromatic heterocycles. The van der Waals surface area contributed by atoms with E-state index in [1.807, 2.05) is 0 Å². The summed E-state index contributed by atoms with van der Waals surface area (Å²) in [6.07, 6.45) is -3.46. The zero-order valence-electron chi connectivity index (χ0n) is 9.84. The van der Waals surface area contributed by atoms with Crippen molar-refractivity contribution in [3.63, 3.8) is 0 Å². The molecular weight excluding hydrogens is 231 g/mol. The third-order valence-corrected chi connectivity index (χ3v) is 2.86. The minimum absolute atomic E-state index is 0.123. The molecule has 1 fully saturated rings. The Kier molecular flexibility index (Phi) is 2.97. The Hall–Kier alpha value is -0.980. The fourth-order valence-electron chi connectivity index (χ4n) is 2.13. The summed E-state index contributed by atoms with van der Waals surface area (Å²) in [4.78, 5) is 11.4. The summed E-state index contributed by atoms with van der Waals surface area (Å²) in [6, 6.07) is 0. The number of esters is 1. The van der Waals surface area contributed by atoms with Crippen molar-refractivity contribution >= 4 is 5.97 Å². The molecule has 4 atom stereocenters. The maximum absolute atomic E-state index is 13.9. The zero-order chi connectivity index (χ0) is 12.8. The number of halogens is 1. The third-order valence-electron chi connectivity index (χ3n) is 2.86. The number of alkyl halides is 1. The van der Waals surface area contributed by atoms with E-state index in [1.54, 1.807) is 13.8 Å². The molecule has 1 aliphatic carbocycles. The van der Waals surface area contributed by atoms with Crippen LogP contribution in [-0.4, -0.2) is 48.5 Å². The molecule has 1 aliphatic heterocycles. The Labute approximate surface area is 98.1 Å². The number of fused-ring (bicyclic) bond motifs is 1. The van der Waals surface area contributed by atoms with Crippen molar-refractivity contribution in [1.29, 1.82) is 0 Å². The van der Waals surface area contributed by atoms with Crippen molar-refractivity contribution in [3.05, 3.63) is 11.6 Å². The fourth-order valence-corrected chi connectivity index (χ4v) is 2.13. The molecule has 1 saturated heterocycles. The molecule has 1 heterocycles. The molecule has 2 rings (SSSR count). The van der Waals surface area contributed by atoms with Crippen LogP contribution in [0.25, 0.3) is 0 Å². The van der Waals surface area contributed by atoms with Gasteiger partial charge in [-0.2, -0.15) is 0 Å². The molecule has 0 bridgehead atoms. The average Bonchev–Trinajstić information content (AvgIpc) is 2.57. The van der Waals surface area contributed by atoms with Crippen LogP contribution < -0.4 is 0 Å². The highest BCUT2D eigenvalue weighted by Crippen LogP contribution is 2.37. The summed E-state index contributed by atoms with van der Waals surface area (Å²) in [7, 11) is 1.17. The van der Waals surface area contributed by atoms with Crippen LogP contribution in [0.15, 0.2) is 11.6 Å². The summed E-state index contributed by atoms with van der Waals surface area (Å²) < 4.78 is 29.2. The van der Waals surface area contributed by atoms with Crippen molar-refractivity contribution in [2.24, 2.45) is 0 Å². The molecule has 1 N–H and O–H groups in total. The number of carbonyl (C=O) groups is 1. The highest BCUT2D eigenvalue weighted by Gasteiger charge is 2.51. The molecule has 96 valence electrons. The molecule has 17 heavy (non-hydrogen) atoms. The van der Waals surface area contributed by atoms with E-state index < -0.39 is 36.2 Å². The van der Waals surface area contributed by atoms with Crippen LogP contribution in [0, 0.1) is 0 Å². The van der Waals surface area contributed by atoms with E-state index >= 15 is 0 Å². The number of ether oxygens (including phenoxy) is 3. The first-order valence-electron chi connectivity index (χ1n) is 5.33. The van der Waals surface area contributed by atoms with Gasteiger partial charge in [-0.3, -0.25) is 0 Å². The van der Waals surface area contributed by atoms with Gasteiger partial charge in [-0.1, -0.05) is 0 Å². The van der Waals surface area contributed by atoms with Crippen molar-refractivity contribution in [3.8, 4) is 0 Å². The van der Waals surface area contributed by atoms with Crippen molar-refractivity contribution in [1.82, 2.24) is 0 Å². The first kappa shape index (κ1) is 12.5. The normalized spacial score (nSPS) is 39.5. The smallest absolute Gasteiger partial charge is 0.336 e. The number of aliphatic hydroxyl groups is 1. The first-order valence-corrected chi connectivity index (χ1v) is 5.33. The lowest BCUT2D eigenvalue weighted by Crippen LogP contribution is -2.46. The minimum atomic E-state index is -1.71. The van der Waals surface area contributed by atoms with Gasteiger partial charge < -0.3 is 19.3 Å². The van der Waals surface area contributed by atoms with Crippen LogP contribution in [0.2, 0.25) is 0 Å². The lowest BCUT2D eigenvalue weighted by atomic mass is 9.90. The van der Waals surface area contributed by atoms with Gasteiger partial charge in [0.15, 0.2) is 12.0 Å². The first-order chi connectivity index (χ1) is 7.85. The maximum atomic E-state index is 13.9. The quantitative estimate of drug-likeness (QED) is 0.675. The Morgan fingerprint density at radius 2 is 2.18 bits per heavy atom. The largest absolute Gasteiger partial charge is 0.466 e. The fraction of sp³-hybridized carbons (Fsp3) is 0.727. The predicted octanol–water partition coefficient (Wildman–Crippen LogP) is 0.318. The van der Waals surface area contributed by atoms with Gasteiger partial charge in [-0.25, -0.2) is 9.18 Å². The van der Waals surface area contributed by atoms with Crippen molar-refractivity contribution in [2.45, 2.75) is 44.1 Å². The van der Waals surface area contributed by atoms with Crippen LogP contribution in [0.5, 0.6) is 0 Å². The molecule has 0 aromatic carbocycles. The molecule has 0 aromatic rings. The highest BCUT2D eigenvalue weighted by molar-refractivity contribution is 5.90. The van der Waals surface area contributed by atoms with Crippen LogP contribution in [0.4, 0.5) is 4.39 Å². The standard InChI is InChI=1S/C11H15FO5/c1-11(2)16-6-4-5(10(14)15-3)8(13)7(12)9(6)17-11/h4,6-9,13H,1-3H3/t6-,7-,8+,9-/m1/s1. The zero-order valence-corrected chi connectivity index (χ0v) is 9.84. The molecule has 0 unspecified atom stereocenters. The maximum Gasteiger partial charge on any atom is 0.336 e. The number of hydrogen-bond acceptors (Lipinski definition) is 5.